The fraction of sp³-hybridized carbons (Fsp3) is 0.188. The molecule has 108 valence electrons. The average molecular weight is 284 g/mol. The van der Waals surface area contributed by atoms with Crippen molar-refractivity contribution in [2.45, 2.75) is 19.8 Å². The fourth-order valence-electron chi connectivity index (χ4n) is 1.89. The summed E-state index contributed by atoms with van der Waals surface area (Å²) in [5, 5.41) is 15.0. The highest BCUT2D eigenvalue weighted by Crippen LogP contribution is 2.20. The van der Waals surface area contributed by atoms with Crippen molar-refractivity contribution in [1.82, 2.24) is 10.2 Å². The summed E-state index contributed by atoms with van der Waals surface area (Å²) in [5.74, 6) is -0.661. The molecule has 0 aliphatic carbocycles. The van der Waals surface area contributed by atoms with Gasteiger partial charge in [-0.15, -0.1) is 0 Å². The van der Waals surface area contributed by atoms with Gasteiger partial charge in [0.1, 0.15) is 0 Å². The van der Waals surface area contributed by atoms with Gasteiger partial charge >= 0.3 is 5.97 Å². The van der Waals surface area contributed by atoms with Crippen LogP contribution in [0.25, 0.3) is 17.3 Å². The van der Waals surface area contributed by atoms with Crippen molar-refractivity contribution in [3.8, 4) is 11.3 Å². The summed E-state index contributed by atoms with van der Waals surface area (Å²) in [7, 11) is 0. The van der Waals surface area contributed by atoms with Gasteiger partial charge in [0.2, 0.25) is 0 Å². The molecule has 2 N–H and O–H groups in total. The zero-order valence-corrected chi connectivity index (χ0v) is 11.8. The Bertz CT molecular complexity index is 728. The summed E-state index contributed by atoms with van der Waals surface area (Å²) >= 11 is 0. The van der Waals surface area contributed by atoms with E-state index in [0.717, 1.165) is 11.6 Å². The number of nitrogens with one attached hydrogen (secondary N) is 1. The Morgan fingerprint density at radius 1 is 1.29 bits per heavy atom. The second-order valence-corrected chi connectivity index (χ2v) is 4.99. The van der Waals surface area contributed by atoms with E-state index in [4.69, 9.17) is 5.11 Å². The van der Waals surface area contributed by atoms with Crippen molar-refractivity contribution in [1.29, 1.82) is 0 Å². The lowest BCUT2D eigenvalue weighted by Gasteiger charge is -2.06. The summed E-state index contributed by atoms with van der Waals surface area (Å²) in [6.07, 6.45) is 2.19. The first-order valence-electron chi connectivity index (χ1n) is 6.58. The minimum Gasteiger partial charge on any atom is -0.478 e. The predicted octanol–water partition coefficient (Wildman–Crippen LogP) is 2.66. The standard InChI is InChI=1S/C16H16N2O3/c1-10(2)11-3-5-12(6-4-11)14-9-13(7-8-15(19)20)16(21)18-17-14/h3-10H,1-2H3,(H,18,21)(H,19,20)/b8-7+. The number of hydrogen-bond acceptors (Lipinski definition) is 3. The Morgan fingerprint density at radius 2 is 1.95 bits per heavy atom. The fourth-order valence-corrected chi connectivity index (χ4v) is 1.89. The van der Waals surface area contributed by atoms with Crippen molar-refractivity contribution in [2.24, 2.45) is 0 Å². The van der Waals surface area contributed by atoms with E-state index in [1.165, 1.54) is 11.6 Å². The molecule has 0 fully saturated rings. The van der Waals surface area contributed by atoms with Crippen LogP contribution < -0.4 is 5.56 Å². The first-order chi connectivity index (χ1) is 9.97. The first kappa shape index (κ1) is 14.7. The molecule has 0 spiro atoms. The van der Waals surface area contributed by atoms with Crippen molar-refractivity contribution < 1.29 is 9.90 Å². The Balaban J connectivity index is 2.38. The van der Waals surface area contributed by atoms with Crippen LogP contribution in [0.5, 0.6) is 0 Å². The number of carbonyl (C=O) groups is 1. The summed E-state index contributed by atoms with van der Waals surface area (Å²) in [6.45, 7) is 4.23. The molecule has 0 aliphatic rings. The smallest absolute Gasteiger partial charge is 0.328 e. The van der Waals surface area contributed by atoms with Crippen LogP contribution in [0.15, 0.2) is 41.2 Å². The molecule has 0 unspecified atom stereocenters. The number of aromatic nitrogens is 2. The zero-order valence-electron chi connectivity index (χ0n) is 11.8. The Morgan fingerprint density at radius 3 is 2.52 bits per heavy atom. The maximum Gasteiger partial charge on any atom is 0.328 e. The highest BCUT2D eigenvalue weighted by Gasteiger charge is 2.05. The molecule has 0 radical (unpaired) electrons. The maximum atomic E-state index is 11.6. The number of H-pyrrole nitrogens is 1. The number of benzene rings is 1. The lowest BCUT2D eigenvalue weighted by Crippen LogP contribution is -2.11. The van der Waals surface area contributed by atoms with Gasteiger partial charge in [-0.3, -0.25) is 4.79 Å². The Kier molecular flexibility index (Phi) is 4.33. The largest absolute Gasteiger partial charge is 0.478 e. The molecule has 0 saturated heterocycles. The third-order valence-electron chi connectivity index (χ3n) is 3.11. The van der Waals surface area contributed by atoms with Gasteiger partial charge in [0.05, 0.1) is 5.69 Å². The van der Waals surface area contributed by atoms with E-state index in [0.29, 0.717) is 11.6 Å². The maximum absolute atomic E-state index is 11.6. The molecule has 1 aromatic heterocycles. The van der Waals surface area contributed by atoms with Crippen LogP contribution in [-0.2, 0) is 4.79 Å². The minimum absolute atomic E-state index is 0.260. The van der Waals surface area contributed by atoms with Crippen LogP contribution in [0, 0.1) is 0 Å². The molecule has 0 aliphatic heterocycles. The summed E-state index contributed by atoms with van der Waals surface area (Å²) in [6, 6.07) is 9.46. The van der Waals surface area contributed by atoms with Crippen LogP contribution in [0.1, 0.15) is 30.9 Å². The van der Waals surface area contributed by atoms with E-state index in [9.17, 15) is 9.59 Å². The monoisotopic (exact) mass is 284 g/mol. The van der Waals surface area contributed by atoms with Crippen LogP contribution >= 0.6 is 0 Å². The topological polar surface area (TPSA) is 83.0 Å². The molecule has 0 atom stereocenters. The average Bonchev–Trinajstić information content (AvgIpc) is 2.46. The lowest BCUT2D eigenvalue weighted by atomic mass is 10.0. The van der Waals surface area contributed by atoms with Crippen molar-refractivity contribution in [3.63, 3.8) is 0 Å². The van der Waals surface area contributed by atoms with Crippen LogP contribution in [0.4, 0.5) is 0 Å². The number of carboxylic acid groups (broad SMARTS) is 1. The van der Waals surface area contributed by atoms with Crippen LogP contribution in [-0.4, -0.2) is 21.3 Å². The van der Waals surface area contributed by atoms with Gasteiger partial charge in [-0.1, -0.05) is 38.1 Å². The van der Waals surface area contributed by atoms with Crippen molar-refractivity contribution in [3.05, 3.63) is 57.9 Å². The summed E-state index contributed by atoms with van der Waals surface area (Å²) in [4.78, 5) is 22.1. The van der Waals surface area contributed by atoms with Gasteiger partial charge in [0.25, 0.3) is 5.56 Å². The van der Waals surface area contributed by atoms with Crippen molar-refractivity contribution in [2.75, 3.05) is 0 Å². The van der Waals surface area contributed by atoms with E-state index in [1.807, 2.05) is 24.3 Å². The number of rotatable bonds is 4. The molecule has 1 aromatic carbocycles. The third-order valence-corrected chi connectivity index (χ3v) is 3.11. The molecular formula is C16H16N2O3. The normalized spacial score (nSPS) is 11.2. The molecule has 5 nitrogen and oxygen atoms in total. The Labute approximate surface area is 122 Å². The van der Waals surface area contributed by atoms with Gasteiger partial charge in [-0.05, 0) is 23.6 Å². The predicted molar refractivity (Wildman–Crippen MR) is 81.1 cm³/mol. The highest BCUT2D eigenvalue weighted by atomic mass is 16.4. The molecule has 0 amide bonds. The number of aliphatic carboxylic acids is 1. The highest BCUT2D eigenvalue weighted by molar-refractivity contribution is 5.85. The molecule has 0 bridgehead atoms. The Hall–Kier alpha value is -2.69. The molecule has 21 heavy (non-hydrogen) atoms. The zero-order chi connectivity index (χ0) is 15.4. The first-order valence-corrected chi connectivity index (χ1v) is 6.58. The summed E-state index contributed by atoms with van der Waals surface area (Å²) in [5.41, 5.74) is 2.51. The molecule has 2 rings (SSSR count). The quantitative estimate of drug-likeness (QED) is 0.845. The van der Waals surface area contributed by atoms with Gasteiger partial charge in [-0.25, -0.2) is 9.89 Å². The van der Waals surface area contributed by atoms with E-state index in [2.05, 4.69) is 24.0 Å². The molecule has 0 saturated carbocycles. The second-order valence-electron chi connectivity index (χ2n) is 4.99. The lowest BCUT2D eigenvalue weighted by molar-refractivity contribution is -0.131. The van der Waals surface area contributed by atoms with E-state index in [1.54, 1.807) is 6.07 Å². The van der Waals surface area contributed by atoms with E-state index in [-0.39, 0.29) is 5.56 Å². The van der Waals surface area contributed by atoms with E-state index >= 15 is 0 Å². The number of hydrogen-bond donors (Lipinski definition) is 2. The van der Waals surface area contributed by atoms with Gasteiger partial charge < -0.3 is 5.11 Å². The number of carboxylic acids is 1. The van der Waals surface area contributed by atoms with Gasteiger partial charge in [0.15, 0.2) is 0 Å². The SMILES string of the molecule is CC(C)c1ccc(-c2cc(/C=C/C(=O)O)c(=O)[nH]n2)cc1. The summed E-state index contributed by atoms with van der Waals surface area (Å²) < 4.78 is 0. The number of nitrogens with zero attached hydrogens (tertiary/aromatic N) is 1. The molecule has 1 heterocycles. The van der Waals surface area contributed by atoms with Gasteiger partial charge in [0, 0.05) is 17.2 Å². The van der Waals surface area contributed by atoms with Crippen LogP contribution in [0.3, 0.4) is 0 Å². The minimum atomic E-state index is -1.10. The van der Waals surface area contributed by atoms with Gasteiger partial charge in [-0.2, -0.15) is 5.10 Å². The van der Waals surface area contributed by atoms with Crippen LogP contribution in [0.2, 0.25) is 0 Å². The second kappa shape index (κ2) is 6.17. The van der Waals surface area contributed by atoms with Crippen molar-refractivity contribution >= 4 is 12.0 Å². The molecule has 5 heteroatoms. The van der Waals surface area contributed by atoms with E-state index < -0.39 is 11.5 Å². The molecular weight excluding hydrogens is 268 g/mol. The molecule has 2 aromatic rings. The number of aromatic amines is 1. The third kappa shape index (κ3) is 3.66.